The summed E-state index contributed by atoms with van der Waals surface area (Å²) in [5.41, 5.74) is 6.02. The molecule has 0 radical (unpaired) electrons. The topological polar surface area (TPSA) is 67.6 Å². The number of nitrogens with one attached hydrogen (secondary N) is 1. The van der Waals surface area contributed by atoms with Crippen molar-refractivity contribution in [2.75, 3.05) is 32.1 Å². The molecule has 2 atom stereocenters. The number of aliphatic imine (C=N–C) groups is 1. The van der Waals surface area contributed by atoms with Crippen LogP contribution in [0.4, 0.5) is 10.1 Å². The van der Waals surface area contributed by atoms with Crippen LogP contribution in [0.5, 0.6) is 5.88 Å². The number of benzene rings is 1. The molecule has 4 aliphatic rings. The third kappa shape index (κ3) is 3.41. The molecule has 0 bridgehead atoms. The van der Waals surface area contributed by atoms with E-state index in [2.05, 4.69) is 28.2 Å². The predicted octanol–water partition coefficient (Wildman–Crippen LogP) is 4.96. The minimum absolute atomic E-state index is 0.201. The van der Waals surface area contributed by atoms with Gasteiger partial charge in [-0.1, -0.05) is 13.0 Å². The Labute approximate surface area is 216 Å². The van der Waals surface area contributed by atoms with Crippen molar-refractivity contribution in [3.63, 3.8) is 0 Å². The van der Waals surface area contributed by atoms with Crippen molar-refractivity contribution in [3.8, 4) is 11.6 Å². The highest BCUT2D eigenvalue weighted by atomic mass is 19.1. The van der Waals surface area contributed by atoms with Gasteiger partial charge in [-0.05, 0) is 67.5 Å². The Kier molecular flexibility index (Phi) is 4.81. The van der Waals surface area contributed by atoms with Crippen LogP contribution >= 0.6 is 0 Å². The number of aromatic nitrogens is 3. The van der Waals surface area contributed by atoms with E-state index in [9.17, 15) is 4.39 Å². The molecule has 7 rings (SSSR count). The van der Waals surface area contributed by atoms with Crippen molar-refractivity contribution in [3.05, 3.63) is 71.2 Å². The molecule has 1 aliphatic carbocycles. The number of piperidine rings is 1. The summed E-state index contributed by atoms with van der Waals surface area (Å²) in [5.74, 6) is 1.73. The van der Waals surface area contributed by atoms with Gasteiger partial charge in [-0.15, -0.1) is 0 Å². The van der Waals surface area contributed by atoms with Crippen molar-refractivity contribution in [2.24, 2.45) is 16.3 Å². The van der Waals surface area contributed by atoms with E-state index in [-0.39, 0.29) is 16.8 Å². The van der Waals surface area contributed by atoms with Crippen LogP contribution in [0.2, 0.25) is 0 Å². The molecule has 1 saturated carbocycles. The number of hydrogen-bond donors (Lipinski definition) is 1. The Bertz CT molecular complexity index is 1470. The maximum Gasteiger partial charge on any atom is 0.238 e. The number of pyridine rings is 1. The highest BCUT2D eigenvalue weighted by Gasteiger charge is 2.58. The number of aryl methyl sites for hydroxylation is 1. The molecule has 190 valence electrons. The average Bonchev–Trinajstić information content (AvgIpc) is 3.31. The van der Waals surface area contributed by atoms with Crippen molar-refractivity contribution >= 4 is 17.6 Å². The van der Waals surface area contributed by atoms with E-state index in [0.29, 0.717) is 11.8 Å². The van der Waals surface area contributed by atoms with E-state index < -0.39 is 0 Å². The zero-order chi connectivity index (χ0) is 25.4. The van der Waals surface area contributed by atoms with Gasteiger partial charge in [0.2, 0.25) is 5.88 Å². The van der Waals surface area contributed by atoms with E-state index in [0.717, 1.165) is 54.7 Å². The van der Waals surface area contributed by atoms with Crippen LogP contribution in [-0.2, 0) is 5.54 Å². The molecule has 7 nitrogen and oxygen atoms in total. The van der Waals surface area contributed by atoms with Crippen molar-refractivity contribution in [1.82, 2.24) is 19.4 Å². The van der Waals surface area contributed by atoms with Gasteiger partial charge in [0.25, 0.3) is 0 Å². The summed E-state index contributed by atoms with van der Waals surface area (Å²) < 4.78 is 21.7. The van der Waals surface area contributed by atoms with Gasteiger partial charge in [0.05, 0.1) is 30.4 Å². The van der Waals surface area contributed by atoms with Crippen molar-refractivity contribution in [2.45, 2.75) is 38.6 Å². The first kappa shape index (κ1) is 22.5. The Morgan fingerprint density at radius 1 is 1.22 bits per heavy atom. The summed E-state index contributed by atoms with van der Waals surface area (Å²) in [6.07, 6.45) is 9.37. The second kappa shape index (κ2) is 7.91. The third-order valence-electron chi connectivity index (χ3n) is 8.73. The van der Waals surface area contributed by atoms with E-state index in [1.54, 1.807) is 25.6 Å². The lowest BCUT2D eigenvalue weighted by atomic mass is 9.74. The predicted molar refractivity (Wildman–Crippen MR) is 142 cm³/mol. The number of anilines is 1. The largest absolute Gasteiger partial charge is 0.479 e. The Hall–Kier alpha value is -3.68. The van der Waals surface area contributed by atoms with E-state index in [4.69, 9.17) is 14.7 Å². The van der Waals surface area contributed by atoms with Crippen LogP contribution in [0.25, 0.3) is 11.8 Å². The molecule has 3 aliphatic heterocycles. The number of amidine groups is 1. The van der Waals surface area contributed by atoms with Gasteiger partial charge in [0.15, 0.2) is 0 Å². The average molecular weight is 499 g/mol. The van der Waals surface area contributed by atoms with Gasteiger partial charge in [-0.25, -0.2) is 14.4 Å². The smallest absolute Gasteiger partial charge is 0.238 e. The molecule has 2 aromatic heterocycles. The molecule has 37 heavy (non-hydrogen) atoms. The third-order valence-corrected chi connectivity index (χ3v) is 8.73. The van der Waals surface area contributed by atoms with E-state index in [1.807, 2.05) is 35.9 Å². The normalized spacial score (nSPS) is 26.2. The van der Waals surface area contributed by atoms with Gasteiger partial charge in [-0.2, -0.15) is 0 Å². The minimum Gasteiger partial charge on any atom is -0.479 e. The number of ether oxygens (including phenoxy) is 1. The molecule has 1 saturated heterocycles. The maximum absolute atomic E-state index is 14.1. The molecule has 5 heterocycles. The fourth-order valence-corrected chi connectivity index (χ4v) is 6.56. The zero-order valence-corrected chi connectivity index (χ0v) is 21.5. The first-order chi connectivity index (χ1) is 17.9. The number of imidazole rings is 1. The molecule has 1 N–H and O–H groups in total. The van der Waals surface area contributed by atoms with Crippen molar-refractivity contribution < 1.29 is 9.13 Å². The highest BCUT2D eigenvalue weighted by molar-refractivity contribution is 6.04. The number of halogens is 1. The van der Waals surface area contributed by atoms with Crippen LogP contribution in [0, 0.1) is 24.1 Å². The summed E-state index contributed by atoms with van der Waals surface area (Å²) in [6.45, 7) is 6.73. The lowest BCUT2D eigenvalue weighted by Gasteiger charge is -2.53. The lowest BCUT2D eigenvalue weighted by molar-refractivity contribution is 0.0831. The molecular weight excluding hydrogens is 467 g/mol. The molecule has 1 aromatic carbocycles. The van der Waals surface area contributed by atoms with Gasteiger partial charge in [-0.3, -0.25) is 4.99 Å². The highest BCUT2D eigenvalue weighted by Crippen LogP contribution is 2.58. The Morgan fingerprint density at radius 2 is 2.08 bits per heavy atom. The molecule has 3 aromatic rings. The number of hydrogen-bond acceptors (Lipinski definition) is 6. The summed E-state index contributed by atoms with van der Waals surface area (Å²) in [5, 5.41) is 3.52. The standard InChI is InChI=1S/C29H31FN6O/c1-18-13-31-26-20(10-22-5-7-25(27(34-22)37-3)35-14-19(2)33-17-35)12-28(8-9-28)16-36(26)29(18)15-32-24-11-21(30)4-6-23(24)29/h4-7,10-11,14,17-18,32H,8-9,12-13,15-16H2,1-3H3/b20-10+. The second-order valence-electron chi connectivity index (χ2n) is 11.2. The molecular formula is C29H31FN6O. The Morgan fingerprint density at radius 3 is 2.84 bits per heavy atom. The second-order valence-corrected chi connectivity index (χ2v) is 11.2. The lowest BCUT2D eigenvalue weighted by Crippen LogP contribution is -2.61. The fraction of sp³-hybridized carbons (Fsp3) is 0.414. The zero-order valence-electron chi connectivity index (χ0n) is 21.5. The maximum atomic E-state index is 14.1. The van der Waals surface area contributed by atoms with Gasteiger partial charge in [0, 0.05) is 43.0 Å². The number of nitrogens with zero attached hydrogens (tertiary/aromatic N) is 5. The van der Waals surface area contributed by atoms with Crippen LogP contribution in [0.15, 0.2) is 53.4 Å². The van der Waals surface area contributed by atoms with Gasteiger partial charge >= 0.3 is 0 Å². The van der Waals surface area contributed by atoms with Crippen LogP contribution in [0.3, 0.4) is 0 Å². The first-order valence-electron chi connectivity index (χ1n) is 13.0. The van der Waals surface area contributed by atoms with E-state index >= 15 is 0 Å². The summed E-state index contributed by atoms with van der Waals surface area (Å²) >= 11 is 0. The SMILES string of the molecule is COc1nc(/C=C2\CC3(CC3)CN3C2=NCC(C)C32CNc3cc(F)ccc32)ccc1-n1cnc(C)c1. The molecule has 0 amide bonds. The number of methoxy groups -OCH3 is 1. The summed E-state index contributed by atoms with van der Waals surface area (Å²) in [6, 6.07) is 9.28. The molecule has 2 unspecified atom stereocenters. The quantitative estimate of drug-likeness (QED) is 0.553. The van der Waals surface area contributed by atoms with Crippen LogP contribution in [-0.4, -0.2) is 52.0 Å². The van der Waals surface area contributed by atoms with Crippen LogP contribution in [0.1, 0.15) is 43.1 Å². The summed E-state index contributed by atoms with van der Waals surface area (Å²) in [4.78, 5) is 16.9. The van der Waals surface area contributed by atoms with Gasteiger partial charge in [0.1, 0.15) is 17.3 Å². The van der Waals surface area contributed by atoms with Crippen molar-refractivity contribution in [1.29, 1.82) is 0 Å². The number of rotatable bonds is 3. The fourth-order valence-electron chi connectivity index (χ4n) is 6.56. The monoisotopic (exact) mass is 498 g/mol. The number of fused-ring (bicyclic) bond motifs is 4. The van der Waals surface area contributed by atoms with Crippen LogP contribution < -0.4 is 10.1 Å². The molecule has 8 heteroatoms. The van der Waals surface area contributed by atoms with Gasteiger partial charge < -0.3 is 19.5 Å². The molecule has 2 spiro atoms. The molecule has 2 fully saturated rings. The Balaban J connectivity index is 1.31. The first-order valence-corrected chi connectivity index (χ1v) is 13.0. The summed E-state index contributed by atoms with van der Waals surface area (Å²) in [7, 11) is 1.65. The minimum atomic E-state index is -0.233. The van der Waals surface area contributed by atoms with E-state index in [1.165, 1.54) is 24.0 Å².